The molecular weight excluding hydrogens is 300 g/mol. The summed E-state index contributed by atoms with van der Waals surface area (Å²) in [4.78, 5) is 22.3. The molecule has 1 saturated heterocycles. The van der Waals surface area contributed by atoms with Gasteiger partial charge in [-0.2, -0.15) is 0 Å². The van der Waals surface area contributed by atoms with E-state index in [1.807, 2.05) is 30.3 Å². The van der Waals surface area contributed by atoms with Crippen LogP contribution in [0.5, 0.6) is 0 Å². The standard InChI is InChI=1S/C16H17ClN4O/c17-12-4-1-3-11(9-12)16-19-7-6-13(20-16)14-5-2-8-21(14)10-15(18)22/h1,3-4,6-7,9,14H,2,5,8,10H2,(H2,18,22). The Kier molecular flexibility index (Phi) is 4.36. The third-order valence-electron chi connectivity index (χ3n) is 3.82. The molecule has 0 spiro atoms. The van der Waals surface area contributed by atoms with Gasteiger partial charge in [0.2, 0.25) is 5.91 Å². The first-order valence-corrected chi connectivity index (χ1v) is 7.62. The Hall–Kier alpha value is -1.98. The molecule has 0 bridgehead atoms. The van der Waals surface area contributed by atoms with Crippen molar-refractivity contribution in [1.29, 1.82) is 0 Å². The molecule has 1 amide bonds. The summed E-state index contributed by atoms with van der Waals surface area (Å²) in [5, 5.41) is 0.655. The van der Waals surface area contributed by atoms with Gasteiger partial charge < -0.3 is 5.73 Å². The molecule has 1 fully saturated rings. The van der Waals surface area contributed by atoms with Crippen molar-refractivity contribution in [3.8, 4) is 11.4 Å². The van der Waals surface area contributed by atoms with Gasteiger partial charge in [0.25, 0.3) is 0 Å². The molecule has 1 aliphatic rings. The minimum absolute atomic E-state index is 0.119. The topological polar surface area (TPSA) is 72.1 Å². The molecule has 22 heavy (non-hydrogen) atoms. The SMILES string of the molecule is NC(=O)CN1CCCC1c1ccnc(-c2cccc(Cl)c2)n1. The number of amides is 1. The molecular formula is C16H17ClN4O. The lowest BCUT2D eigenvalue weighted by Gasteiger charge is -2.22. The molecule has 2 heterocycles. The van der Waals surface area contributed by atoms with Gasteiger partial charge in [-0.25, -0.2) is 9.97 Å². The van der Waals surface area contributed by atoms with Gasteiger partial charge in [0, 0.05) is 16.8 Å². The number of hydrogen-bond acceptors (Lipinski definition) is 4. The van der Waals surface area contributed by atoms with Crippen LogP contribution in [0.3, 0.4) is 0 Å². The van der Waals surface area contributed by atoms with Gasteiger partial charge in [0.1, 0.15) is 0 Å². The van der Waals surface area contributed by atoms with Crippen LogP contribution in [-0.2, 0) is 4.79 Å². The second-order valence-corrected chi connectivity index (χ2v) is 5.85. The van der Waals surface area contributed by atoms with Gasteiger partial charge >= 0.3 is 0 Å². The van der Waals surface area contributed by atoms with E-state index in [2.05, 4.69) is 14.9 Å². The molecule has 2 aromatic rings. The van der Waals surface area contributed by atoms with Crippen molar-refractivity contribution in [3.63, 3.8) is 0 Å². The third-order valence-corrected chi connectivity index (χ3v) is 4.06. The molecule has 2 N–H and O–H groups in total. The number of aromatic nitrogens is 2. The van der Waals surface area contributed by atoms with Crippen molar-refractivity contribution in [2.24, 2.45) is 5.73 Å². The first-order valence-electron chi connectivity index (χ1n) is 7.25. The molecule has 0 aliphatic carbocycles. The Balaban J connectivity index is 1.89. The van der Waals surface area contributed by atoms with E-state index in [1.165, 1.54) is 0 Å². The second kappa shape index (κ2) is 6.42. The van der Waals surface area contributed by atoms with E-state index in [0.29, 0.717) is 10.8 Å². The van der Waals surface area contributed by atoms with Gasteiger partial charge in [-0.15, -0.1) is 0 Å². The maximum atomic E-state index is 11.2. The number of nitrogens with two attached hydrogens (primary N) is 1. The summed E-state index contributed by atoms with van der Waals surface area (Å²) in [7, 11) is 0. The van der Waals surface area contributed by atoms with E-state index in [9.17, 15) is 4.79 Å². The van der Waals surface area contributed by atoms with Crippen molar-refractivity contribution in [2.75, 3.05) is 13.1 Å². The summed E-state index contributed by atoms with van der Waals surface area (Å²) in [6, 6.07) is 9.49. The highest BCUT2D eigenvalue weighted by Crippen LogP contribution is 2.31. The molecule has 6 heteroatoms. The minimum atomic E-state index is -0.309. The molecule has 1 unspecified atom stereocenters. The summed E-state index contributed by atoms with van der Waals surface area (Å²) >= 11 is 6.03. The van der Waals surface area contributed by atoms with Gasteiger partial charge in [-0.1, -0.05) is 23.7 Å². The number of halogens is 1. The maximum absolute atomic E-state index is 11.2. The minimum Gasteiger partial charge on any atom is -0.369 e. The van der Waals surface area contributed by atoms with Crippen LogP contribution in [0.1, 0.15) is 24.6 Å². The normalized spacial score (nSPS) is 18.5. The number of carbonyl (C=O) groups excluding carboxylic acids is 1. The Morgan fingerprint density at radius 1 is 1.41 bits per heavy atom. The highest BCUT2D eigenvalue weighted by molar-refractivity contribution is 6.30. The monoisotopic (exact) mass is 316 g/mol. The molecule has 0 saturated carbocycles. The largest absolute Gasteiger partial charge is 0.369 e. The third kappa shape index (κ3) is 3.26. The van der Waals surface area contributed by atoms with E-state index in [1.54, 1.807) is 6.20 Å². The fraction of sp³-hybridized carbons (Fsp3) is 0.312. The van der Waals surface area contributed by atoms with Crippen LogP contribution < -0.4 is 5.73 Å². The first kappa shape index (κ1) is 14.9. The first-order chi connectivity index (χ1) is 10.6. The van der Waals surface area contributed by atoms with Crippen molar-refractivity contribution in [3.05, 3.63) is 47.2 Å². The molecule has 1 aliphatic heterocycles. The number of carbonyl (C=O) groups is 1. The molecule has 1 aromatic heterocycles. The van der Waals surface area contributed by atoms with Crippen LogP contribution in [0.25, 0.3) is 11.4 Å². The molecule has 1 aromatic carbocycles. The van der Waals surface area contributed by atoms with Crippen molar-refractivity contribution in [2.45, 2.75) is 18.9 Å². The quantitative estimate of drug-likeness (QED) is 0.940. The van der Waals surface area contributed by atoms with Gasteiger partial charge in [0.05, 0.1) is 18.3 Å². The van der Waals surface area contributed by atoms with E-state index in [0.717, 1.165) is 30.6 Å². The van der Waals surface area contributed by atoms with Crippen LogP contribution in [0.2, 0.25) is 5.02 Å². The Bertz CT molecular complexity index is 691. The number of primary amides is 1. The van der Waals surface area contributed by atoms with E-state index in [-0.39, 0.29) is 18.5 Å². The van der Waals surface area contributed by atoms with Crippen LogP contribution >= 0.6 is 11.6 Å². The second-order valence-electron chi connectivity index (χ2n) is 5.41. The van der Waals surface area contributed by atoms with E-state index < -0.39 is 0 Å². The molecule has 5 nitrogen and oxygen atoms in total. The van der Waals surface area contributed by atoms with Crippen molar-refractivity contribution >= 4 is 17.5 Å². The van der Waals surface area contributed by atoms with Crippen LogP contribution in [0, 0.1) is 0 Å². The Morgan fingerprint density at radius 3 is 3.05 bits per heavy atom. The summed E-state index contributed by atoms with van der Waals surface area (Å²) in [6.07, 6.45) is 3.76. The average Bonchev–Trinajstić information content (AvgIpc) is 2.95. The predicted molar refractivity (Wildman–Crippen MR) is 85.2 cm³/mol. The van der Waals surface area contributed by atoms with E-state index in [4.69, 9.17) is 17.3 Å². The number of likely N-dealkylation sites (tertiary alicyclic amines) is 1. The lowest BCUT2D eigenvalue weighted by atomic mass is 10.1. The number of rotatable bonds is 4. The Morgan fingerprint density at radius 2 is 2.27 bits per heavy atom. The fourth-order valence-electron chi connectivity index (χ4n) is 2.88. The summed E-state index contributed by atoms with van der Waals surface area (Å²) in [5.74, 6) is 0.335. The van der Waals surface area contributed by atoms with Crippen LogP contribution in [0.4, 0.5) is 0 Å². The molecule has 3 rings (SSSR count). The predicted octanol–water partition coefficient (Wildman–Crippen LogP) is 2.42. The highest BCUT2D eigenvalue weighted by Gasteiger charge is 2.28. The van der Waals surface area contributed by atoms with E-state index >= 15 is 0 Å². The highest BCUT2D eigenvalue weighted by atomic mass is 35.5. The molecule has 114 valence electrons. The van der Waals surface area contributed by atoms with Crippen molar-refractivity contribution < 1.29 is 4.79 Å². The van der Waals surface area contributed by atoms with Crippen LogP contribution in [0.15, 0.2) is 36.5 Å². The lowest BCUT2D eigenvalue weighted by Crippen LogP contribution is -2.33. The summed E-state index contributed by atoms with van der Waals surface area (Å²) in [5.41, 5.74) is 7.13. The summed E-state index contributed by atoms with van der Waals surface area (Å²) in [6.45, 7) is 1.13. The zero-order valence-corrected chi connectivity index (χ0v) is 12.8. The van der Waals surface area contributed by atoms with Gasteiger partial charge in [-0.3, -0.25) is 9.69 Å². The smallest absolute Gasteiger partial charge is 0.231 e. The maximum Gasteiger partial charge on any atom is 0.231 e. The van der Waals surface area contributed by atoms with Gasteiger partial charge in [-0.05, 0) is 37.6 Å². The van der Waals surface area contributed by atoms with Gasteiger partial charge in [0.15, 0.2) is 5.82 Å². The average molecular weight is 317 g/mol. The zero-order valence-electron chi connectivity index (χ0n) is 12.1. The number of benzene rings is 1. The Labute approximate surface area is 134 Å². The number of hydrogen-bond donors (Lipinski definition) is 1. The molecule has 0 radical (unpaired) electrons. The molecule has 1 atom stereocenters. The summed E-state index contributed by atoms with van der Waals surface area (Å²) < 4.78 is 0. The fourth-order valence-corrected chi connectivity index (χ4v) is 3.07. The van der Waals surface area contributed by atoms with Crippen LogP contribution in [-0.4, -0.2) is 33.9 Å². The zero-order chi connectivity index (χ0) is 15.5. The van der Waals surface area contributed by atoms with Crippen molar-refractivity contribution in [1.82, 2.24) is 14.9 Å². The lowest BCUT2D eigenvalue weighted by molar-refractivity contribution is -0.119. The number of nitrogens with zero attached hydrogens (tertiary/aromatic N) is 3.